The number of fused-ring (bicyclic) bond motifs is 1. The molecule has 0 atom stereocenters. The van der Waals surface area contributed by atoms with Crippen molar-refractivity contribution < 1.29 is 18.4 Å². The number of nitrogens with zero attached hydrogens (tertiary/aromatic N) is 4. The normalized spacial score (nSPS) is 14.7. The number of hydrogen-bond acceptors (Lipinski definition) is 7. The van der Waals surface area contributed by atoms with Gasteiger partial charge in [-0.05, 0) is 25.5 Å². The number of hydrogen-bond donors (Lipinski definition) is 0. The molecule has 0 radical (unpaired) electrons. The zero-order valence-corrected chi connectivity index (χ0v) is 17.6. The highest BCUT2D eigenvalue weighted by molar-refractivity contribution is 7.22. The largest absolute Gasteiger partial charge is 0.379 e. The van der Waals surface area contributed by atoms with Gasteiger partial charge in [-0.1, -0.05) is 22.6 Å². The van der Waals surface area contributed by atoms with Crippen LogP contribution in [0.2, 0.25) is 0 Å². The maximum Gasteiger partial charge on any atom is 0.298 e. The fraction of sp³-hybridized carbons (Fsp3) is 0.421. The molecule has 2 aromatic heterocycles. The number of aromatic nitrogens is 2. The van der Waals surface area contributed by atoms with Crippen molar-refractivity contribution in [2.24, 2.45) is 0 Å². The van der Waals surface area contributed by atoms with E-state index < -0.39 is 5.82 Å². The van der Waals surface area contributed by atoms with Gasteiger partial charge in [0.25, 0.3) is 5.91 Å². The van der Waals surface area contributed by atoms with Crippen LogP contribution in [0.3, 0.4) is 0 Å². The minimum Gasteiger partial charge on any atom is -0.379 e. The van der Waals surface area contributed by atoms with Crippen LogP contribution in [-0.2, 0) is 4.74 Å². The highest BCUT2D eigenvalue weighted by atomic mass is 35.5. The van der Waals surface area contributed by atoms with Gasteiger partial charge in [-0.2, -0.15) is 0 Å². The average Bonchev–Trinajstić information content (AvgIpc) is 3.33. The van der Waals surface area contributed by atoms with E-state index in [2.05, 4.69) is 15.0 Å². The molecule has 3 aromatic rings. The Morgan fingerprint density at radius 2 is 2.14 bits per heavy atom. The second kappa shape index (κ2) is 9.62. The van der Waals surface area contributed by atoms with Gasteiger partial charge in [-0.3, -0.25) is 14.6 Å². The predicted molar refractivity (Wildman–Crippen MR) is 112 cm³/mol. The molecular weight excluding hydrogens is 419 g/mol. The van der Waals surface area contributed by atoms with Crippen LogP contribution in [-0.4, -0.2) is 60.3 Å². The van der Waals surface area contributed by atoms with Crippen molar-refractivity contribution in [3.05, 3.63) is 41.5 Å². The van der Waals surface area contributed by atoms with Crippen LogP contribution < -0.4 is 4.90 Å². The smallest absolute Gasteiger partial charge is 0.298 e. The van der Waals surface area contributed by atoms with Crippen molar-refractivity contribution in [2.45, 2.75) is 13.3 Å². The Kier molecular flexibility index (Phi) is 7.18. The minimum atomic E-state index is -0.392. The van der Waals surface area contributed by atoms with E-state index in [0.29, 0.717) is 22.1 Å². The Morgan fingerprint density at radius 1 is 1.34 bits per heavy atom. The van der Waals surface area contributed by atoms with Gasteiger partial charge in [0.1, 0.15) is 11.3 Å². The number of para-hydroxylation sites is 1. The Hall–Kier alpha value is -2.07. The molecule has 7 nitrogen and oxygen atoms in total. The zero-order valence-electron chi connectivity index (χ0n) is 16.0. The molecule has 0 saturated carbocycles. The van der Waals surface area contributed by atoms with Gasteiger partial charge in [-0.25, -0.2) is 9.37 Å². The summed E-state index contributed by atoms with van der Waals surface area (Å²) in [5, 5.41) is 4.26. The number of ether oxygens (including phenoxy) is 1. The van der Waals surface area contributed by atoms with Gasteiger partial charge >= 0.3 is 0 Å². The summed E-state index contributed by atoms with van der Waals surface area (Å²) >= 11 is 1.29. The maximum atomic E-state index is 14.1. The molecule has 29 heavy (non-hydrogen) atoms. The number of aryl methyl sites for hydroxylation is 1. The summed E-state index contributed by atoms with van der Waals surface area (Å²) in [6, 6.07) is 6.42. The molecule has 0 N–H and O–H groups in total. The fourth-order valence-corrected chi connectivity index (χ4v) is 4.18. The minimum absolute atomic E-state index is 0. The summed E-state index contributed by atoms with van der Waals surface area (Å²) in [4.78, 5) is 21.3. The number of rotatable bonds is 6. The van der Waals surface area contributed by atoms with Gasteiger partial charge in [0.2, 0.25) is 5.76 Å². The molecule has 1 aliphatic rings. The highest BCUT2D eigenvalue weighted by Crippen LogP contribution is 2.31. The van der Waals surface area contributed by atoms with Crippen LogP contribution in [0.5, 0.6) is 0 Å². The molecule has 1 fully saturated rings. The Labute approximate surface area is 177 Å². The number of halogens is 2. The predicted octanol–water partition coefficient (Wildman–Crippen LogP) is 3.52. The van der Waals surface area contributed by atoms with Gasteiger partial charge in [0.05, 0.1) is 23.6 Å². The van der Waals surface area contributed by atoms with Crippen LogP contribution in [0.15, 0.2) is 28.8 Å². The summed E-state index contributed by atoms with van der Waals surface area (Å²) in [5.41, 5.74) is 0.911. The lowest BCUT2D eigenvalue weighted by Gasteiger charge is -2.27. The first-order valence-corrected chi connectivity index (χ1v) is 10.0. The molecule has 0 unspecified atom stereocenters. The molecule has 1 aromatic carbocycles. The van der Waals surface area contributed by atoms with Gasteiger partial charge in [0, 0.05) is 32.2 Å². The van der Waals surface area contributed by atoms with E-state index in [9.17, 15) is 9.18 Å². The van der Waals surface area contributed by atoms with Gasteiger partial charge < -0.3 is 9.26 Å². The van der Waals surface area contributed by atoms with Crippen LogP contribution in [0, 0.1) is 12.7 Å². The first kappa shape index (κ1) is 21.6. The van der Waals surface area contributed by atoms with Crippen molar-refractivity contribution in [3.8, 4) is 0 Å². The SMILES string of the molecule is Cc1cc(C(=O)N(CCCN2CCOCC2)c2nc3c(F)cccc3s2)on1.Cl. The monoisotopic (exact) mass is 440 g/mol. The first-order valence-electron chi connectivity index (χ1n) is 9.22. The van der Waals surface area contributed by atoms with Crippen molar-refractivity contribution in [2.75, 3.05) is 44.3 Å². The number of anilines is 1. The standard InChI is InChI=1S/C19H21FN4O3S.ClH/c1-13-12-15(27-22-13)18(25)24(7-3-6-23-8-10-26-11-9-23)19-21-17-14(20)4-2-5-16(17)28-19;/h2,4-5,12H,3,6-11H2,1H3;1H. The summed E-state index contributed by atoms with van der Waals surface area (Å²) < 4.78 is 25.3. The molecule has 0 spiro atoms. The number of amides is 1. The third-order valence-corrected chi connectivity index (χ3v) is 5.68. The van der Waals surface area contributed by atoms with E-state index in [1.807, 2.05) is 0 Å². The quantitative estimate of drug-likeness (QED) is 0.584. The highest BCUT2D eigenvalue weighted by Gasteiger charge is 2.25. The van der Waals surface area contributed by atoms with Crippen LogP contribution in [0.4, 0.5) is 9.52 Å². The topological polar surface area (TPSA) is 71.7 Å². The van der Waals surface area contributed by atoms with Crippen molar-refractivity contribution in [1.29, 1.82) is 0 Å². The van der Waals surface area contributed by atoms with Crippen molar-refractivity contribution in [1.82, 2.24) is 15.0 Å². The third kappa shape index (κ3) is 4.92. The van der Waals surface area contributed by atoms with Crippen molar-refractivity contribution in [3.63, 3.8) is 0 Å². The Bertz CT molecular complexity index is 973. The number of thiazole rings is 1. The number of carbonyl (C=O) groups is 1. The number of carbonyl (C=O) groups excluding carboxylic acids is 1. The van der Waals surface area contributed by atoms with Crippen molar-refractivity contribution >= 4 is 45.0 Å². The van der Waals surface area contributed by atoms with E-state index in [1.165, 1.54) is 17.4 Å². The molecule has 1 saturated heterocycles. The molecule has 0 aliphatic carbocycles. The Morgan fingerprint density at radius 3 is 2.83 bits per heavy atom. The molecule has 3 heterocycles. The number of benzene rings is 1. The van der Waals surface area contributed by atoms with Crippen LogP contribution >= 0.6 is 23.7 Å². The fourth-order valence-electron chi connectivity index (χ4n) is 3.18. The van der Waals surface area contributed by atoms with E-state index in [-0.39, 0.29) is 29.6 Å². The van der Waals surface area contributed by atoms with Crippen LogP contribution in [0.1, 0.15) is 22.7 Å². The van der Waals surface area contributed by atoms with E-state index >= 15 is 0 Å². The molecule has 4 rings (SSSR count). The zero-order chi connectivity index (χ0) is 19.5. The lowest BCUT2D eigenvalue weighted by Crippen LogP contribution is -2.39. The molecular formula is C19H22ClFN4O3S. The maximum absolute atomic E-state index is 14.1. The summed E-state index contributed by atoms with van der Waals surface area (Å²) in [7, 11) is 0. The van der Waals surface area contributed by atoms with Gasteiger partial charge in [-0.15, -0.1) is 12.4 Å². The number of morpholine rings is 1. The molecule has 1 aliphatic heterocycles. The van der Waals surface area contributed by atoms with E-state index in [1.54, 1.807) is 30.0 Å². The van der Waals surface area contributed by atoms with E-state index in [0.717, 1.165) is 39.3 Å². The second-order valence-corrected chi connectivity index (χ2v) is 7.69. The van der Waals surface area contributed by atoms with Crippen LogP contribution in [0.25, 0.3) is 10.2 Å². The summed E-state index contributed by atoms with van der Waals surface area (Å²) in [5.74, 6) is -0.554. The average molecular weight is 441 g/mol. The molecule has 156 valence electrons. The molecule has 1 amide bonds. The van der Waals surface area contributed by atoms with E-state index in [4.69, 9.17) is 9.26 Å². The summed E-state index contributed by atoms with van der Waals surface area (Å²) in [6.07, 6.45) is 0.761. The Balaban J connectivity index is 0.00000240. The molecule has 10 heteroatoms. The third-order valence-electron chi connectivity index (χ3n) is 4.63. The lowest BCUT2D eigenvalue weighted by molar-refractivity contribution is 0.0376. The first-order chi connectivity index (χ1) is 13.6. The summed E-state index contributed by atoms with van der Waals surface area (Å²) in [6.45, 7) is 6.31. The van der Waals surface area contributed by atoms with Gasteiger partial charge in [0.15, 0.2) is 5.13 Å². The molecule has 0 bridgehead atoms. The lowest BCUT2D eigenvalue weighted by atomic mass is 10.3. The second-order valence-electron chi connectivity index (χ2n) is 6.68.